The van der Waals surface area contributed by atoms with Gasteiger partial charge in [-0.05, 0) is 83.4 Å². The van der Waals surface area contributed by atoms with Crippen molar-refractivity contribution in [2.75, 3.05) is 0 Å². The number of ketones is 1. The van der Waals surface area contributed by atoms with Crippen molar-refractivity contribution < 1.29 is 19.1 Å². The fourth-order valence-electron chi connectivity index (χ4n) is 4.02. The van der Waals surface area contributed by atoms with Crippen molar-refractivity contribution in [1.82, 2.24) is 0 Å². The molecule has 2 heterocycles. The molecular weight excluding hydrogens is 460 g/mol. The second-order valence-corrected chi connectivity index (χ2v) is 14.4. The number of aliphatic hydroxyl groups excluding tert-OH is 1. The van der Waals surface area contributed by atoms with Gasteiger partial charge in [-0.25, -0.2) is 4.42 Å². The molecule has 0 saturated heterocycles. The second kappa shape index (κ2) is 9.15. The molecule has 0 atom stereocenters. The summed E-state index contributed by atoms with van der Waals surface area (Å²) in [6, 6.07) is 3.98. The quantitative estimate of drug-likeness (QED) is 0.321. The summed E-state index contributed by atoms with van der Waals surface area (Å²) in [6.07, 6.45) is 5.69. The predicted molar refractivity (Wildman–Crippen MR) is 152 cm³/mol. The van der Waals surface area contributed by atoms with Crippen LogP contribution in [0, 0.1) is 10.8 Å². The number of carbonyl (C=O) groups is 1. The lowest BCUT2D eigenvalue weighted by Gasteiger charge is -2.33. The Morgan fingerprint density at radius 3 is 1.57 bits per heavy atom. The third-order valence-electron chi connectivity index (χ3n) is 6.65. The van der Waals surface area contributed by atoms with Crippen LogP contribution in [0.5, 0.6) is 0 Å². The number of Topliss-reactive ketones (excluding diaryl/α,β-unsaturated/α-hetero) is 1. The maximum Gasteiger partial charge on any atom is 0.335 e. The van der Waals surface area contributed by atoms with E-state index in [4.69, 9.17) is 9.15 Å². The maximum absolute atomic E-state index is 13.4. The molecule has 1 aliphatic heterocycles. The highest BCUT2D eigenvalue weighted by molar-refractivity contribution is 6.24. The van der Waals surface area contributed by atoms with Gasteiger partial charge in [0.15, 0.2) is 0 Å². The molecule has 1 aromatic heterocycles. The molecule has 0 spiro atoms. The van der Waals surface area contributed by atoms with Gasteiger partial charge in [0.2, 0.25) is 5.78 Å². The Kier molecular flexibility index (Phi) is 7.09. The summed E-state index contributed by atoms with van der Waals surface area (Å²) in [5.74, 6) is 3.24. The molecule has 0 fully saturated rings. The molecule has 0 aromatic carbocycles. The van der Waals surface area contributed by atoms with Crippen LogP contribution in [0.15, 0.2) is 68.8 Å². The van der Waals surface area contributed by atoms with Crippen molar-refractivity contribution in [3.8, 4) is 0 Å². The number of allylic oxidation sites excluding steroid dienone is 9. The van der Waals surface area contributed by atoms with E-state index in [2.05, 4.69) is 83.1 Å². The lowest BCUT2D eigenvalue weighted by molar-refractivity contribution is -0.113. The van der Waals surface area contributed by atoms with Gasteiger partial charge in [0.1, 0.15) is 17.3 Å². The molecule has 37 heavy (non-hydrogen) atoms. The van der Waals surface area contributed by atoms with Gasteiger partial charge in [-0.1, -0.05) is 41.5 Å². The van der Waals surface area contributed by atoms with Crippen molar-refractivity contribution >= 4 is 11.4 Å². The third-order valence-corrected chi connectivity index (χ3v) is 6.65. The molecule has 3 rings (SSSR count). The Labute approximate surface area is 223 Å². The monoisotopic (exact) mass is 505 g/mol. The Morgan fingerprint density at radius 1 is 0.784 bits per heavy atom. The van der Waals surface area contributed by atoms with Crippen LogP contribution >= 0.6 is 0 Å². The van der Waals surface area contributed by atoms with Crippen LogP contribution in [-0.2, 0) is 20.4 Å². The molecule has 1 aromatic rings. The smallest absolute Gasteiger partial charge is 0.335 e. The first-order valence-corrected chi connectivity index (χ1v) is 13.1. The van der Waals surface area contributed by atoms with Crippen molar-refractivity contribution in [2.24, 2.45) is 10.8 Å². The van der Waals surface area contributed by atoms with E-state index in [9.17, 15) is 9.90 Å². The highest BCUT2D eigenvalue weighted by Gasteiger charge is 2.38. The molecule has 4 heteroatoms. The van der Waals surface area contributed by atoms with Crippen LogP contribution in [0.4, 0.5) is 0 Å². The first-order chi connectivity index (χ1) is 16.6. The maximum atomic E-state index is 13.4. The van der Waals surface area contributed by atoms with Crippen molar-refractivity contribution in [1.29, 1.82) is 0 Å². The molecule has 0 bridgehead atoms. The van der Waals surface area contributed by atoms with E-state index in [1.165, 1.54) is 0 Å². The fourth-order valence-corrected chi connectivity index (χ4v) is 4.02. The van der Waals surface area contributed by atoms with E-state index in [0.717, 1.165) is 39.7 Å². The minimum absolute atomic E-state index is 0.0355. The van der Waals surface area contributed by atoms with Gasteiger partial charge in [0.25, 0.3) is 0 Å². The van der Waals surface area contributed by atoms with Gasteiger partial charge in [0.05, 0.1) is 22.0 Å². The minimum atomic E-state index is -0.199. The number of rotatable bonds is 2. The van der Waals surface area contributed by atoms with E-state index in [1.54, 1.807) is 6.08 Å². The van der Waals surface area contributed by atoms with E-state index >= 15 is 0 Å². The van der Waals surface area contributed by atoms with E-state index < -0.39 is 0 Å². The molecule has 0 amide bonds. The summed E-state index contributed by atoms with van der Waals surface area (Å²) in [6.45, 7) is 27.1. The molecule has 0 unspecified atom stereocenters. The minimum Gasteiger partial charge on any atom is -0.506 e. The Balaban J connectivity index is 2.14. The van der Waals surface area contributed by atoms with Gasteiger partial charge in [-0.2, -0.15) is 0 Å². The third kappa shape index (κ3) is 6.00. The highest BCUT2D eigenvalue weighted by Crippen LogP contribution is 2.42. The second-order valence-electron chi connectivity index (χ2n) is 14.4. The lowest BCUT2D eigenvalue weighted by Crippen LogP contribution is -2.24. The molecule has 2 aliphatic rings. The number of carbonyl (C=O) groups excluding carboxylic acids is 1. The summed E-state index contributed by atoms with van der Waals surface area (Å²) < 4.78 is 12.5. The molecule has 0 saturated carbocycles. The fraction of sp³-hybridized carbons (Fsp3) is 0.515. The van der Waals surface area contributed by atoms with Crippen molar-refractivity contribution in [3.05, 3.63) is 81.4 Å². The van der Waals surface area contributed by atoms with Crippen LogP contribution in [0.3, 0.4) is 0 Å². The lowest BCUT2D eigenvalue weighted by atomic mass is 9.80. The number of hydrogen-bond donors (Lipinski definition) is 1. The zero-order valence-electron chi connectivity index (χ0n) is 25.1. The first-order valence-electron chi connectivity index (χ1n) is 13.1. The van der Waals surface area contributed by atoms with Gasteiger partial charge in [-0.3, -0.25) is 4.79 Å². The summed E-state index contributed by atoms with van der Waals surface area (Å²) >= 11 is 0. The van der Waals surface area contributed by atoms with Crippen LogP contribution in [0.2, 0.25) is 0 Å². The Bertz CT molecular complexity index is 1220. The summed E-state index contributed by atoms with van der Waals surface area (Å²) in [5.41, 5.74) is 2.39. The number of hydrogen-bond acceptors (Lipinski definition) is 3. The average molecular weight is 506 g/mol. The van der Waals surface area contributed by atoms with Crippen molar-refractivity contribution in [2.45, 2.75) is 101 Å². The SMILES string of the molecule is CC(=C1C(=O)C(C=C2C=C(C(C)(C)C)OC(C(C)(C)C)=C2)=C1O)c1cc(C(C)(C)C)[o+]c(C(C)(C)C)c1. The van der Waals surface area contributed by atoms with Gasteiger partial charge >= 0.3 is 11.5 Å². The van der Waals surface area contributed by atoms with E-state index in [0.29, 0.717) is 11.1 Å². The molecule has 0 radical (unpaired) electrons. The summed E-state index contributed by atoms with van der Waals surface area (Å²) in [5, 5.41) is 11.1. The van der Waals surface area contributed by atoms with Gasteiger partial charge in [0, 0.05) is 23.0 Å². The van der Waals surface area contributed by atoms with Gasteiger partial charge in [-0.15, -0.1) is 0 Å². The topological polar surface area (TPSA) is 57.8 Å². The van der Waals surface area contributed by atoms with Crippen LogP contribution in [-0.4, -0.2) is 10.9 Å². The average Bonchev–Trinajstić information content (AvgIpc) is 2.74. The molecule has 4 nitrogen and oxygen atoms in total. The largest absolute Gasteiger partial charge is 0.506 e. The summed E-state index contributed by atoms with van der Waals surface area (Å²) in [4.78, 5) is 13.4. The summed E-state index contributed by atoms with van der Waals surface area (Å²) in [7, 11) is 0. The van der Waals surface area contributed by atoms with Crippen LogP contribution in [0.25, 0.3) is 5.57 Å². The van der Waals surface area contributed by atoms with Crippen LogP contribution in [0.1, 0.15) is 107 Å². The zero-order chi connectivity index (χ0) is 28.3. The van der Waals surface area contributed by atoms with Gasteiger partial charge < -0.3 is 9.84 Å². The standard InChI is InChI=1S/C33H44O4/c1-19(21-17-25(32(8,9)10)37-26(18-21)33(11,12)13)27-28(34)22(29(27)35)14-20-15-23(30(2,3)4)36-24(16-20)31(5,6)7/h14-18H,1-13H3/p+1. The van der Waals surface area contributed by atoms with E-state index in [-0.39, 0.29) is 33.2 Å². The molecule has 200 valence electrons. The number of aliphatic hydroxyl groups is 1. The highest BCUT2D eigenvalue weighted by atomic mass is 16.5. The Hall–Kier alpha value is -2.88. The molecular formula is C33H45O4+. The van der Waals surface area contributed by atoms with Crippen LogP contribution < -0.4 is 0 Å². The first kappa shape index (κ1) is 28.7. The van der Waals surface area contributed by atoms with Crippen molar-refractivity contribution in [3.63, 3.8) is 0 Å². The zero-order valence-corrected chi connectivity index (χ0v) is 25.1. The molecule has 1 N–H and O–H groups in total. The molecule has 1 aliphatic carbocycles. The normalized spacial score (nSPS) is 18.7. The number of ether oxygens (including phenoxy) is 1. The van der Waals surface area contributed by atoms with E-state index in [1.807, 2.05) is 31.2 Å². The Morgan fingerprint density at radius 2 is 1.22 bits per heavy atom. The predicted octanol–water partition coefficient (Wildman–Crippen LogP) is 9.14.